The molecule has 1 aromatic carbocycles. The largest absolute Gasteiger partial charge is 0.382 e. The summed E-state index contributed by atoms with van der Waals surface area (Å²) in [6.45, 7) is 6.69. The molecule has 76 valence electrons. The molecule has 0 heterocycles. The highest BCUT2D eigenvalue weighted by molar-refractivity contribution is 5.54. The monoisotopic (exact) mass is 189 g/mol. The second-order valence-electron chi connectivity index (χ2n) is 4.67. The van der Waals surface area contributed by atoms with Crippen LogP contribution in [0, 0.1) is 19.8 Å². The van der Waals surface area contributed by atoms with Crippen LogP contribution < -0.4 is 5.32 Å². The fourth-order valence-corrected chi connectivity index (χ4v) is 2.15. The molecule has 0 amide bonds. The quantitative estimate of drug-likeness (QED) is 0.750. The van der Waals surface area contributed by atoms with Crippen LogP contribution in [-0.4, -0.2) is 6.04 Å². The number of benzene rings is 1. The van der Waals surface area contributed by atoms with Crippen molar-refractivity contribution in [2.45, 2.75) is 39.7 Å². The summed E-state index contributed by atoms with van der Waals surface area (Å²) < 4.78 is 0. The van der Waals surface area contributed by atoms with E-state index in [2.05, 4.69) is 44.3 Å². The van der Waals surface area contributed by atoms with Gasteiger partial charge in [-0.05, 0) is 49.8 Å². The summed E-state index contributed by atoms with van der Waals surface area (Å²) >= 11 is 0. The maximum atomic E-state index is 3.62. The molecule has 0 atom stereocenters. The Morgan fingerprint density at radius 1 is 1.21 bits per heavy atom. The summed E-state index contributed by atoms with van der Waals surface area (Å²) in [6, 6.07) is 7.20. The van der Waals surface area contributed by atoms with Gasteiger partial charge in [0.1, 0.15) is 0 Å². The van der Waals surface area contributed by atoms with Crippen LogP contribution in [0.5, 0.6) is 0 Å². The standard InChI is InChI=1S/C13H19N/c1-9-7-12(8-9)14-13-6-4-5-10(2)11(13)3/h4-6,9,12,14H,7-8H2,1-3H3. The van der Waals surface area contributed by atoms with Crippen molar-refractivity contribution in [3.05, 3.63) is 29.3 Å². The van der Waals surface area contributed by atoms with Crippen LogP contribution in [0.2, 0.25) is 0 Å². The summed E-state index contributed by atoms with van der Waals surface area (Å²) in [7, 11) is 0. The Kier molecular flexibility index (Phi) is 2.49. The Hall–Kier alpha value is -0.980. The number of hydrogen-bond donors (Lipinski definition) is 1. The van der Waals surface area contributed by atoms with Crippen LogP contribution in [0.25, 0.3) is 0 Å². The summed E-state index contributed by atoms with van der Waals surface area (Å²) in [5, 5.41) is 3.62. The molecule has 0 spiro atoms. The first-order valence-corrected chi connectivity index (χ1v) is 5.49. The third-order valence-electron chi connectivity index (χ3n) is 3.34. The van der Waals surface area contributed by atoms with Crippen molar-refractivity contribution in [2.24, 2.45) is 5.92 Å². The minimum atomic E-state index is 0.713. The second kappa shape index (κ2) is 3.64. The van der Waals surface area contributed by atoms with Gasteiger partial charge in [0, 0.05) is 11.7 Å². The minimum absolute atomic E-state index is 0.713. The number of hydrogen-bond acceptors (Lipinski definition) is 1. The van der Waals surface area contributed by atoms with E-state index in [9.17, 15) is 0 Å². The molecule has 0 aromatic heterocycles. The van der Waals surface area contributed by atoms with Gasteiger partial charge in [-0.1, -0.05) is 19.1 Å². The summed E-state index contributed by atoms with van der Waals surface area (Å²) in [5.41, 5.74) is 4.09. The highest BCUT2D eigenvalue weighted by atomic mass is 14.9. The molecule has 0 saturated heterocycles. The molecular formula is C13H19N. The molecule has 1 aliphatic carbocycles. The lowest BCUT2D eigenvalue weighted by molar-refractivity contribution is 0.309. The van der Waals surface area contributed by atoms with E-state index in [1.807, 2.05) is 0 Å². The van der Waals surface area contributed by atoms with Crippen LogP contribution in [0.3, 0.4) is 0 Å². The highest BCUT2D eigenvalue weighted by Crippen LogP contribution is 2.30. The number of aryl methyl sites for hydroxylation is 1. The third-order valence-corrected chi connectivity index (χ3v) is 3.34. The van der Waals surface area contributed by atoms with Gasteiger partial charge in [-0.15, -0.1) is 0 Å². The predicted molar refractivity (Wildman–Crippen MR) is 61.7 cm³/mol. The van der Waals surface area contributed by atoms with E-state index in [0.29, 0.717) is 6.04 Å². The normalized spacial score (nSPS) is 25.6. The SMILES string of the molecule is Cc1cccc(NC2CC(C)C2)c1C. The molecular weight excluding hydrogens is 170 g/mol. The van der Waals surface area contributed by atoms with Crippen LogP contribution in [-0.2, 0) is 0 Å². The smallest absolute Gasteiger partial charge is 0.0374 e. The van der Waals surface area contributed by atoms with Gasteiger partial charge in [-0.3, -0.25) is 0 Å². The molecule has 2 rings (SSSR count). The van der Waals surface area contributed by atoms with Gasteiger partial charge in [0.25, 0.3) is 0 Å². The van der Waals surface area contributed by atoms with Crippen molar-refractivity contribution in [1.82, 2.24) is 0 Å². The van der Waals surface area contributed by atoms with Gasteiger partial charge in [-0.25, -0.2) is 0 Å². The van der Waals surface area contributed by atoms with Crippen molar-refractivity contribution in [3.63, 3.8) is 0 Å². The summed E-state index contributed by atoms with van der Waals surface area (Å²) in [6.07, 6.45) is 2.65. The van der Waals surface area contributed by atoms with E-state index in [0.717, 1.165) is 5.92 Å². The molecule has 1 heteroatoms. The molecule has 1 nitrogen and oxygen atoms in total. The van der Waals surface area contributed by atoms with Gasteiger partial charge in [-0.2, -0.15) is 0 Å². The Balaban J connectivity index is 2.06. The highest BCUT2D eigenvalue weighted by Gasteiger charge is 2.25. The van der Waals surface area contributed by atoms with Gasteiger partial charge >= 0.3 is 0 Å². The Morgan fingerprint density at radius 3 is 2.57 bits per heavy atom. The van der Waals surface area contributed by atoms with Gasteiger partial charge in [0.15, 0.2) is 0 Å². The topological polar surface area (TPSA) is 12.0 Å². The van der Waals surface area contributed by atoms with Crippen molar-refractivity contribution < 1.29 is 0 Å². The average molecular weight is 189 g/mol. The zero-order chi connectivity index (χ0) is 10.1. The second-order valence-corrected chi connectivity index (χ2v) is 4.67. The maximum Gasteiger partial charge on any atom is 0.0374 e. The third kappa shape index (κ3) is 1.77. The minimum Gasteiger partial charge on any atom is -0.382 e. The fraction of sp³-hybridized carbons (Fsp3) is 0.538. The van der Waals surface area contributed by atoms with E-state index < -0.39 is 0 Å². The first-order chi connectivity index (χ1) is 6.66. The van der Waals surface area contributed by atoms with Crippen LogP contribution in [0.4, 0.5) is 5.69 Å². The van der Waals surface area contributed by atoms with E-state index in [-0.39, 0.29) is 0 Å². The van der Waals surface area contributed by atoms with E-state index in [1.165, 1.54) is 29.7 Å². The van der Waals surface area contributed by atoms with E-state index >= 15 is 0 Å². The lowest BCUT2D eigenvalue weighted by Gasteiger charge is -2.34. The van der Waals surface area contributed by atoms with Crippen LogP contribution in [0.15, 0.2) is 18.2 Å². The lowest BCUT2D eigenvalue weighted by Crippen LogP contribution is -2.34. The lowest BCUT2D eigenvalue weighted by atomic mass is 9.81. The zero-order valence-corrected chi connectivity index (χ0v) is 9.30. The molecule has 1 N–H and O–H groups in total. The molecule has 1 aliphatic rings. The van der Waals surface area contributed by atoms with Gasteiger partial charge in [0.2, 0.25) is 0 Å². The predicted octanol–water partition coefficient (Wildman–Crippen LogP) is 3.51. The zero-order valence-electron chi connectivity index (χ0n) is 9.30. The molecule has 0 unspecified atom stereocenters. The van der Waals surface area contributed by atoms with Crippen molar-refractivity contribution >= 4 is 5.69 Å². The summed E-state index contributed by atoms with van der Waals surface area (Å²) in [5.74, 6) is 0.914. The maximum absolute atomic E-state index is 3.62. The molecule has 0 radical (unpaired) electrons. The summed E-state index contributed by atoms with van der Waals surface area (Å²) in [4.78, 5) is 0. The van der Waals surface area contributed by atoms with Gasteiger partial charge < -0.3 is 5.32 Å². The Bertz CT molecular complexity index is 324. The molecule has 1 saturated carbocycles. The first-order valence-electron chi connectivity index (χ1n) is 5.49. The van der Waals surface area contributed by atoms with Crippen LogP contribution >= 0.6 is 0 Å². The molecule has 1 fully saturated rings. The van der Waals surface area contributed by atoms with Gasteiger partial charge in [0.05, 0.1) is 0 Å². The van der Waals surface area contributed by atoms with Crippen LogP contribution in [0.1, 0.15) is 30.9 Å². The molecule has 14 heavy (non-hydrogen) atoms. The van der Waals surface area contributed by atoms with Crippen molar-refractivity contribution in [3.8, 4) is 0 Å². The number of anilines is 1. The Labute approximate surface area is 86.5 Å². The van der Waals surface area contributed by atoms with E-state index in [4.69, 9.17) is 0 Å². The average Bonchev–Trinajstić information content (AvgIpc) is 2.10. The first kappa shape index (κ1) is 9.57. The van der Waals surface area contributed by atoms with Crippen molar-refractivity contribution in [2.75, 3.05) is 5.32 Å². The van der Waals surface area contributed by atoms with Crippen molar-refractivity contribution in [1.29, 1.82) is 0 Å². The fourth-order valence-electron chi connectivity index (χ4n) is 2.15. The number of rotatable bonds is 2. The molecule has 0 bridgehead atoms. The Morgan fingerprint density at radius 2 is 1.93 bits per heavy atom. The molecule has 0 aliphatic heterocycles. The number of nitrogens with one attached hydrogen (secondary N) is 1. The molecule has 1 aromatic rings. The van der Waals surface area contributed by atoms with E-state index in [1.54, 1.807) is 0 Å².